The molecule has 0 amide bonds. The van der Waals surface area contributed by atoms with Crippen LogP contribution in [0.3, 0.4) is 0 Å². The van der Waals surface area contributed by atoms with E-state index in [0.717, 1.165) is 13.1 Å². The van der Waals surface area contributed by atoms with E-state index in [0.29, 0.717) is 16.9 Å². The van der Waals surface area contributed by atoms with Crippen LogP contribution in [0.5, 0.6) is 0 Å². The minimum atomic E-state index is -0.252. The molecule has 0 bridgehead atoms. The Morgan fingerprint density at radius 1 is 1.11 bits per heavy atom. The summed E-state index contributed by atoms with van der Waals surface area (Å²) in [5.74, 6) is 1.14. The van der Waals surface area contributed by atoms with Crippen molar-refractivity contribution in [3.05, 3.63) is 41.2 Å². The Hall–Kier alpha value is -1.70. The van der Waals surface area contributed by atoms with Gasteiger partial charge in [-0.25, -0.2) is 4.98 Å². The Morgan fingerprint density at radius 3 is 2.29 bits per heavy atom. The molecule has 3 heterocycles. The molecule has 4 unspecified atom stereocenters. The zero-order valence-electron chi connectivity index (χ0n) is 17.1. The highest BCUT2D eigenvalue weighted by molar-refractivity contribution is 8.00. The first kappa shape index (κ1) is 19.6. The van der Waals surface area contributed by atoms with Gasteiger partial charge in [-0.05, 0) is 37.8 Å². The molecule has 0 aliphatic carbocycles. The molecule has 6 nitrogen and oxygen atoms in total. The van der Waals surface area contributed by atoms with Gasteiger partial charge in [0.25, 0.3) is 5.91 Å². The van der Waals surface area contributed by atoms with Gasteiger partial charge in [0.2, 0.25) is 0 Å². The van der Waals surface area contributed by atoms with E-state index in [2.05, 4.69) is 66.9 Å². The lowest BCUT2D eigenvalue weighted by Crippen LogP contribution is -2.50. The third-order valence-corrected chi connectivity index (χ3v) is 6.63. The molecule has 0 saturated carbocycles. The van der Waals surface area contributed by atoms with E-state index in [1.807, 2.05) is 6.92 Å². The van der Waals surface area contributed by atoms with Crippen LogP contribution in [-0.4, -0.2) is 56.1 Å². The van der Waals surface area contributed by atoms with Crippen molar-refractivity contribution >= 4 is 17.7 Å². The molecule has 7 heteroatoms. The average molecular weight is 401 g/mol. The van der Waals surface area contributed by atoms with Crippen molar-refractivity contribution < 1.29 is 9.53 Å². The summed E-state index contributed by atoms with van der Waals surface area (Å²) < 4.78 is 7.42. The number of morpholine rings is 1. The summed E-state index contributed by atoms with van der Waals surface area (Å²) in [6.45, 7) is 12.0. The Morgan fingerprint density at radius 2 is 1.71 bits per heavy atom. The minimum absolute atomic E-state index is 0.0188. The van der Waals surface area contributed by atoms with Gasteiger partial charge >= 0.3 is 0 Å². The number of benzene rings is 1. The normalized spacial score (nSPS) is 26.6. The highest BCUT2D eigenvalue weighted by atomic mass is 32.2. The second kappa shape index (κ2) is 7.61. The Bertz CT molecular complexity index is 854. The topological polar surface area (TPSA) is 60.2 Å². The van der Waals surface area contributed by atoms with Crippen LogP contribution >= 0.6 is 11.8 Å². The lowest BCUT2D eigenvalue weighted by Gasteiger charge is -2.41. The number of rotatable bonds is 4. The number of ether oxygens (including phenoxy) is 1. The van der Waals surface area contributed by atoms with E-state index in [9.17, 15) is 4.79 Å². The van der Waals surface area contributed by atoms with Gasteiger partial charge in [-0.1, -0.05) is 49.9 Å². The summed E-state index contributed by atoms with van der Waals surface area (Å²) in [7, 11) is 0. The molecule has 1 aromatic heterocycles. The highest BCUT2D eigenvalue weighted by Gasteiger charge is 2.44. The molecule has 150 valence electrons. The highest BCUT2D eigenvalue weighted by Crippen LogP contribution is 2.42. The van der Waals surface area contributed by atoms with Crippen molar-refractivity contribution in [3.8, 4) is 0 Å². The lowest BCUT2D eigenvalue weighted by molar-refractivity contribution is -0.0804. The van der Waals surface area contributed by atoms with Crippen molar-refractivity contribution in [1.29, 1.82) is 0 Å². The van der Waals surface area contributed by atoms with Gasteiger partial charge in [0, 0.05) is 13.1 Å². The smallest absolute Gasteiger partial charge is 0.264 e. The predicted molar refractivity (Wildman–Crippen MR) is 110 cm³/mol. The molecule has 0 spiro atoms. The largest absolute Gasteiger partial charge is 0.373 e. The number of fused-ring (bicyclic) bond motifs is 1. The molecule has 28 heavy (non-hydrogen) atoms. The monoisotopic (exact) mass is 400 g/mol. The van der Waals surface area contributed by atoms with Crippen molar-refractivity contribution in [2.24, 2.45) is 0 Å². The number of hydrogen-bond acceptors (Lipinski definition) is 6. The molecule has 2 aliphatic heterocycles. The number of nitrogens with zero attached hydrogens (tertiary/aromatic N) is 4. The maximum atomic E-state index is 13.2. The molecule has 4 rings (SSSR count). The quantitative estimate of drug-likeness (QED) is 0.780. The molecular formula is C21H28N4O2S. The first-order valence-corrected chi connectivity index (χ1v) is 10.9. The Balaban J connectivity index is 1.69. The van der Waals surface area contributed by atoms with E-state index in [4.69, 9.17) is 4.74 Å². The standard InChI is InChI=1S/C21H28N4O2S/c1-12(2)16-6-8-17(9-7-16)18(24-10-13(3)27-14(4)11-24)19-20(26)25-21(28-19)22-15(5)23-25/h6-9,12-14,18-19H,10-11H2,1-5H3. The fourth-order valence-corrected chi connectivity index (χ4v) is 5.50. The summed E-state index contributed by atoms with van der Waals surface area (Å²) in [6.07, 6.45) is 0.278. The van der Waals surface area contributed by atoms with Crippen LogP contribution in [-0.2, 0) is 4.74 Å². The molecule has 1 fully saturated rings. The molecule has 1 aromatic carbocycles. The van der Waals surface area contributed by atoms with Crippen LogP contribution in [0.25, 0.3) is 0 Å². The van der Waals surface area contributed by atoms with Gasteiger partial charge in [-0.2, -0.15) is 4.68 Å². The maximum absolute atomic E-state index is 13.2. The lowest BCUT2D eigenvalue weighted by atomic mass is 9.95. The first-order chi connectivity index (χ1) is 13.3. The molecule has 1 saturated heterocycles. The van der Waals surface area contributed by atoms with Gasteiger partial charge in [0.1, 0.15) is 11.1 Å². The number of carbonyl (C=O) groups excluding carboxylic acids is 1. The van der Waals surface area contributed by atoms with Crippen LogP contribution < -0.4 is 0 Å². The summed E-state index contributed by atoms with van der Waals surface area (Å²) in [5.41, 5.74) is 2.47. The van der Waals surface area contributed by atoms with Crippen LogP contribution in [0, 0.1) is 6.92 Å². The fourth-order valence-electron chi connectivity index (χ4n) is 4.20. The molecule has 2 aliphatic rings. The van der Waals surface area contributed by atoms with Crippen LogP contribution in [0.15, 0.2) is 29.4 Å². The van der Waals surface area contributed by atoms with Crippen molar-refractivity contribution in [3.63, 3.8) is 0 Å². The molecule has 0 radical (unpaired) electrons. The van der Waals surface area contributed by atoms with Gasteiger partial charge < -0.3 is 4.74 Å². The minimum Gasteiger partial charge on any atom is -0.373 e. The molecule has 2 aromatic rings. The van der Waals surface area contributed by atoms with Crippen LogP contribution in [0.4, 0.5) is 0 Å². The van der Waals surface area contributed by atoms with E-state index in [-0.39, 0.29) is 29.4 Å². The van der Waals surface area contributed by atoms with Crippen LogP contribution in [0.2, 0.25) is 0 Å². The number of carbonyl (C=O) groups is 1. The third-order valence-electron chi connectivity index (χ3n) is 5.44. The van der Waals surface area contributed by atoms with Crippen molar-refractivity contribution in [1.82, 2.24) is 19.7 Å². The zero-order valence-corrected chi connectivity index (χ0v) is 17.9. The number of aryl methyl sites for hydroxylation is 1. The zero-order chi connectivity index (χ0) is 20.0. The van der Waals surface area contributed by atoms with E-state index < -0.39 is 0 Å². The van der Waals surface area contributed by atoms with Gasteiger partial charge in [0.05, 0.1) is 18.2 Å². The van der Waals surface area contributed by atoms with Gasteiger partial charge in [-0.3, -0.25) is 9.69 Å². The van der Waals surface area contributed by atoms with Gasteiger partial charge in [0.15, 0.2) is 5.16 Å². The number of hydrogen-bond donors (Lipinski definition) is 0. The molecule has 4 atom stereocenters. The predicted octanol–water partition coefficient (Wildman–Crippen LogP) is 3.67. The SMILES string of the molecule is Cc1nc2n(n1)C(=O)C(C(c1ccc(C(C)C)cc1)N1CC(C)OC(C)C1)S2. The van der Waals surface area contributed by atoms with E-state index in [1.54, 1.807) is 0 Å². The number of thioether (sulfide) groups is 1. The third kappa shape index (κ3) is 3.63. The summed E-state index contributed by atoms with van der Waals surface area (Å²) in [6, 6.07) is 8.70. The average Bonchev–Trinajstić information content (AvgIpc) is 3.13. The van der Waals surface area contributed by atoms with Crippen molar-refractivity contribution in [2.75, 3.05) is 13.1 Å². The van der Waals surface area contributed by atoms with Crippen LogP contribution in [0.1, 0.15) is 61.4 Å². The van der Waals surface area contributed by atoms with E-state index >= 15 is 0 Å². The number of aromatic nitrogens is 3. The summed E-state index contributed by atoms with van der Waals surface area (Å²) >= 11 is 1.53. The second-order valence-electron chi connectivity index (χ2n) is 8.21. The Kier molecular flexibility index (Phi) is 5.33. The van der Waals surface area contributed by atoms with E-state index in [1.165, 1.54) is 27.6 Å². The van der Waals surface area contributed by atoms with Crippen molar-refractivity contribution in [2.45, 2.75) is 69.2 Å². The van der Waals surface area contributed by atoms with Gasteiger partial charge in [-0.15, -0.1) is 5.10 Å². The molecule has 0 N–H and O–H groups in total. The second-order valence-corrected chi connectivity index (χ2v) is 9.32. The summed E-state index contributed by atoms with van der Waals surface area (Å²) in [5, 5.41) is 4.75. The maximum Gasteiger partial charge on any atom is 0.264 e. The fraction of sp³-hybridized carbons (Fsp3) is 0.571. The Labute approximate surface area is 170 Å². The molecular weight excluding hydrogens is 372 g/mol. The first-order valence-electron chi connectivity index (χ1n) is 9.97. The summed E-state index contributed by atoms with van der Waals surface area (Å²) in [4.78, 5) is 20.0.